The Labute approximate surface area is 150 Å². The molecule has 1 aromatic rings. The highest BCUT2D eigenvalue weighted by Crippen LogP contribution is 2.41. The van der Waals surface area contributed by atoms with Crippen molar-refractivity contribution in [2.45, 2.75) is 89.8 Å². The van der Waals surface area contributed by atoms with Gasteiger partial charge in [-0.25, -0.2) is 0 Å². The van der Waals surface area contributed by atoms with Crippen LogP contribution in [0, 0.1) is 0 Å². The molecule has 1 nitrogen and oxygen atoms in total. The molecule has 0 bridgehead atoms. The molecule has 0 aliphatic heterocycles. The summed E-state index contributed by atoms with van der Waals surface area (Å²) >= 11 is 0. The Kier molecular flexibility index (Phi) is 5.69. The summed E-state index contributed by atoms with van der Waals surface area (Å²) in [5, 5.41) is 0.231. The lowest BCUT2D eigenvalue weighted by Gasteiger charge is -2.37. The minimum absolute atomic E-state index is 0.229. The molecule has 0 saturated carbocycles. The standard InChI is InChI=1S/C22H36OSi/c1-8-15-22(5)16-11-9-10-12-18-17-19(13-14-20(18)22)23-24(6,7)21(2,3)4/h8,13-14,17H,1,9-12,15-16H2,2-7H3. The molecule has 0 amide bonds. The van der Waals surface area contributed by atoms with Crippen LogP contribution in [0.15, 0.2) is 30.9 Å². The smallest absolute Gasteiger partial charge is 0.250 e. The molecule has 24 heavy (non-hydrogen) atoms. The van der Waals surface area contributed by atoms with Crippen molar-refractivity contribution in [2.24, 2.45) is 0 Å². The summed E-state index contributed by atoms with van der Waals surface area (Å²) in [4.78, 5) is 0. The van der Waals surface area contributed by atoms with E-state index in [0.29, 0.717) is 0 Å². The maximum absolute atomic E-state index is 6.55. The van der Waals surface area contributed by atoms with Crippen LogP contribution in [0.1, 0.15) is 70.9 Å². The van der Waals surface area contributed by atoms with Crippen LogP contribution in [-0.4, -0.2) is 8.32 Å². The van der Waals surface area contributed by atoms with Crippen LogP contribution in [-0.2, 0) is 11.8 Å². The first-order chi connectivity index (χ1) is 11.1. The zero-order chi connectivity index (χ0) is 18.0. The number of allylic oxidation sites excluding steroid dienone is 1. The summed E-state index contributed by atoms with van der Waals surface area (Å²) in [6, 6.07) is 6.89. The Morgan fingerprint density at radius 3 is 2.54 bits per heavy atom. The third kappa shape index (κ3) is 4.14. The zero-order valence-corrected chi connectivity index (χ0v) is 17.7. The second-order valence-corrected chi connectivity index (χ2v) is 14.0. The lowest BCUT2D eigenvalue weighted by Crippen LogP contribution is -2.43. The summed E-state index contributed by atoms with van der Waals surface area (Å²) in [6.07, 6.45) is 9.53. The van der Waals surface area contributed by atoms with Gasteiger partial charge in [0.15, 0.2) is 0 Å². The number of aryl methyl sites for hydroxylation is 1. The molecule has 134 valence electrons. The summed E-state index contributed by atoms with van der Waals surface area (Å²) < 4.78 is 6.55. The Morgan fingerprint density at radius 1 is 1.21 bits per heavy atom. The third-order valence-electron chi connectivity index (χ3n) is 6.18. The first-order valence-corrected chi connectivity index (χ1v) is 12.4. The zero-order valence-electron chi connectivity index (χ0n) is 16.7. The molecule has 2 heteroatoms. The number of hydrogen-bond donors (Lipinski definition) is 0. The van der Waals surface area contributed by atoms with Crippen LogP contribution in [0.25, 0.3) is 0 Å². The molecule has 0 N–H and O–H groups in total. The van der Waals surface area contributed by atoms with Gasteiger partial charge in [0.25, 0.3) is 0 Å². The topological polar surface area (TPSA) is 9.23 Å². The molecule has 1 aliphatic rings. The van der Waals surface area contributed by atoms with Crippen molar-refractivity contribution >= 4 is 8.32 Å². The van der Waals surface area contributed by atoms with Gasteiger partial charge in [0, 0.05) is 0 Å². The predicted octanol–water partition coefficient (Wildman–Crippen LogP) is 7.02. The highest BCUT2D eigenvalue weighted by Gasteiger charge is 2.39. The summed E-state index contributed by atoms with van der Waals surface area (Å²) in [5.41, 5.74) is 3.24. The number of hydrogen-bond acceptors (Lipinski definition) is 1. The van der Waals surface area contributed by atoms with Crippen LogP contribution in [0.2, 0.25) is 18.1 Å². The van der Waals surface area contributed by atoms with Gasteiger partial charge >= 0.3 is 0 Å². The van der Waals surface area contributed by atoms with Crippen LogP contribution in [0.4, 0.5) is 0 Å². The highest BCUT2D eigenvalue weighted by atomic mass is 28.4. The van der Waals surface area contributed by atoms with E-state index < -0.39 is 8.32 Å². The van der Waals surface area contributed by atoms with Crippen molar-refractivity contribution < 1.29 is 4.43 Å². The van der Waals surface area contributed by atoms with E-state index in [1.54, 1.807) is 0 Å². The summed E-state index contributed by atoms with van der Waals surface area (Å²) in [6.45, 7) is 18.0. The SMILES string of the molecule is C=CCC1(C)CCCCCc2cc(O[Si](C)(C)C(C)(C)C)ccc21. The average molecular weight is 345 g/mol. The highest BCUT2D eigenvalue weighted by molar-refractivity contribution is 6.74. The molecule has 0 heterocycles. The Hall–Kier alpha value is -1.02. The quantitative estimate of drug-likeness (QED) is 0.421. The van der Waals surface area contributed by atoms with E-state index in [0.717, 1.165) is 12.2 Å². The normalized spacial score (nSPS) is 22.2. The average Bonchev–Trinajstić information content (AvgIpc) is 2.44. The lowest BCUT2D eigenvalue weighted by molar-refractivity contribution is 0.398. The van der Waals surface area contributed by atoms with E-state index in [9.17, 15) is 0 Å². The molecule has 1 unspecified atom stereocenters. The molecule has 1 aliphatic carbocycles. The fraction of sp³-hybridized carbons (Fsp3) is 0.636. The van der Waals surface area contributed by atoms with Crippen molar-refractivity contribution in [3.63, 3.8) is 0 Å². The van der Waals surface area contributed by atoms with Crippen LogP contribution >= 0.6 is 0 Å². The summed E-state index contributed by atoms with van der Waals surface area (Å²) in [7, 11) is -1.78. The van der Waals surface area contributed by atoms with Crippen molar-refractivity contribution in [1.82, 2.24) is 0 Å². The van der Waals surface area contributed by atoms with E-state index in [2.05, 4.69) is 71.6 Å². The largest absolute Gasteiger partial charge is 0.543 e. The van der Waals surface area contributed by atoms with E-state index in [4.69, 9.17) is 4.43 Å². The Balaban J connectivity index is 2.37. The van der Waals surface area contributed by atoms with Crippen molar-refractivity contribution in [3.8, 4) is 5.75 Å². The number of benzene rings is 1. The minimum Gasteiger partial charge on any atom is -0.543 e. The minimum atomic E-state index is -1.78. The third-order valence-corrected chi connectivity index (χ3v) is 10.5. The van der Waals surface area contributed by atoms with Gasteiger partial charge < -0.3 is 4.43 Å². The molecule has 0 fully saturated rings. The van der Waals surface area contributed by atoms with Crippen LogP contribution in [0.5, 0.6) is 5.75 Å². The fourth-order valence-electron chi connectivity index (χ4n) is 3.55. The molecular formula is C22H36OSi. The number of fused-ring (bicyclic) bond motifs is 1. The van der Waals surface area contributed by atoms with Crippen molar-refractivity contribution in [1.29, 1.82) is 0 Å². The fourth-order valence-corrected chi connectivity index (χ4v) is 4.57. The van der Waals surface area contributed by atoms with Gasteiger partial charge in [-0.15, -0.1) is 6.58 Å². The molecule has 1 atom stereocenters. The molecule has 0 radical (unpaired) electrons. The molecular weight excluding hydrogens is 308 g/mol. The predicted molar refractivity (Wildman–Crippen MR) is 109 cm³/mol. The Bertz CT molecular complexity index is 582. The van der Waals surface area contributed by atoms with Gasteiger partial charge in [0.05, 0.1) is 0 Å². The molecule has 0 saturated heterocycles. The molecule has 0 spiro atoms. The molecule has 1 aromatic carbocycles. The molecule has 0 aromatic heterocycles. The van der Waals surface area contributed by atoms with Gasteiger partial charge in [-0.3, -0.25) is 0 Å². The maximum atomic E-state index is 6.55. The van der Waals surface area contributed by atoms with Gasteiger partial charge in [-0.05, 0) is 72.5 Å². The monoisotopic (exact) mass is 344 g/mol. The van der Waals surface area contributed by atoms with Crippen molar-refractivity contribution in [2.75, 3.05) is 0 Å². The van der Waals surface area contributed by atoms with Gasteiger partial charge in [-0.2, -0.15) is 0 Å². The molecule has 2 rings (SSSR count). The number of rotatable bonds is 4. The van der Waals surface area contributed by atoms with Gasteiger partial charge in [0.1, 0.15) is 5.75 Å². The first-order valence-electron chi connectivity index (χ1n) is 9.52. The maximum Gasteiger partial charge on any atom is 0.250 e. The first kappa shape index (κ1) is 19.3. The second-order valence-electron chi connectivity index (χ2n) is 9.30. The second kappa shape index (κ2) is 7.07. The van der Waals surface area contributed by atoms with Crippen LogP contribution < -0.4 is 4.43 Å². The van der Waals surface area contributed by atoms with Gasteiger partial charge in [0.2, 0.25) is 8.32 Å². The van der Waals surface area contributed by atoms with E-state index in [-0.39, 0.29) is 10.5 Å². The Morgan fingerprint density at radius 2 is 1.92 bits per heavy atom. The lowest BCUT2D eigenvalue weighted by atomic mass is 9.71. The van der Waals surface area contributed by atoms with Crippen molar-refractivity contribution in [3.05, 3.63) is 42.0 Å². The van der Waals surface area contributed by atoms with E-state index in [1.807, 2.05) is 0 Å². The van der Waals surface area contributed by atoms with E-state index in [1.165, 1.54) is 43.2 Å². The van der Waals surface area contributed by atoms with E-state index >= 15 is 0 Å². The van der Waals surface area contributed by atoms with Crippen LogP contribution in [0.3, 0.4) is 0 Å². The van der Waals surface area contributed by atoms with Gasteiger partial charge in [-0.1, -0.05) is 52.7 Å². The summed E-state index contributed by atoms with van der Waals surface area (Å²) in [5.74, 6) is 1.07.